The zero-order chi connectivity index (χ0) is 11.2. The van der Waals surface area contributed by atoms with Crippen molar-refractivity contribution in [1.29, 1.82) is 0 Å². The molecule has 2 rings (SSSR count). The zero-order valence-electron chi connectivity index (χ0n) is 7.81. The van der Waals surface area contributed by atoms with Gasteiger partial charge in [0.1, 0.15) is 11.3 Å². The lowest BCUT2D eigenvalue weighted by atomic mass is 10.1. The summed E-state index contributed by atoms with van der Waals surface area (Å²) in [5, 5.41) is -0.195. The number of pyridine rings is 1. The molecule has 5 heteroatoms. The first-order valence-electron chi connectivity index (χ1n) is 4.21. The first-order chi connectivity index (χ1) is 7.00. The zero-order valence-corrected chi connectivity index (χ0v) is 7.81. The third kappa shape index (κ3) is 1.40. The Labute approximate surface area is 83.5 Å². The highest BCUT2D eigenvalue weighted by Gasteiger charge is 2.14. The molecule has 0 aliphatic heterocycles. The lowest BCUT2D eigenvalue weighted by Crippen LogP contribution is -1.99. The van der Waals surface area contributed by atoms with E-state index in [0.717, 1.165) is 0 Å². The molecule has 0 atom stereocenters. The fraction of sp³-hybridized carbons (Fsp3) is 0.100. The van der Waals surface area contributed by atoms with Gasteiger partial charge < -0.3 is 5.73 Å². The van der Waals surface area contributed by atoms with E-state index in [-0.39, 0.29) is 16.7 Å². The van der Waals surface area contributed by atoms with Gasteiger partial charge in [-0.3, -0.25) is 0 Å². The second-order valence-electron chi connectivity index (χ2n) is 3.24. The van der Waals surface area contributed by atoms with Crippen LogP contribution in [0.1, 0.15) is 5.56 Å². The molecule has 15 heavy (non-hydrogen) atoms. The van der Waals surface area contributed by atoms with E-state index in [9.17, 15) is 13.2 Å². The summed E-state index contributed by atoms with van der Waals surface area (Å²) in [5.41, 5.74) is 5.67. The molecule has 0 saturated heterocycles. The van der Waals surface area contributed by atoms with Gasteiger partial charge in [-0.05, 0) is 18.6 Å². The third-order valence-corrected chi connectivity index (χ3v) is 2.18. The summed E-state index contributed by atoms with van der Waals surface area (Å²) in [7, 11) is 0. The Morgan fingerprint density at radius 2 is 1.80 bits per heavy atom. The molecule has 0 amide bonds. The smallest absolute Gasteiger partial charge is 0.168 e. The summed E-state index contributed by atoms with van der Waals surface area (Å²) in [6, 6.07) is 1.73. The van der Waals surface area contributed by atoms with Crippen LogP contribution in [0.25, 0.3) is 10.9 Å². The number of rotatable bonds is 0. The average Bonchev–Trinajstić information content (AvgIpc) is 2.18. The van der Waals surface area contributed by atoms with Crippen molar-refractivity contribution in [3.63, 3.8) is 0 Å². The van der Waals surface area contributed by atoms with Crippen molar-refractivity contribution in [2.45, 2.75) is 6.92 Å². The first kappa shape index (κ1) is 9.76. The fourth-order valence-electron chi connectivity index (χ4n) is 1.35. The molecule has 1 heterocycles. The standard InChI is InChI=1S/C10H7F3N2/c1-4-2-5-8(13)6(11)3-7(12)9(5)15-10(4)14/h2-3H,1H3,(H2,14,15). The molecular formula is C10H7F3N2. The van der Waals surface area contributed by atoms with E-state index in [1.807, 2.05) is 0 Å². The van der Waals surface area contributed by atoms with Gasteiger partial charge in [0.05, 0.1) is 0 Å². The van der Waals surface area contributed by atoms with Crippen LogP contribution < -0.4 is 5.73 Å². The molecule has 0 saturated carbocycles. The van der Waals surface area contributed by atoms with Crippen molar-refractivity contribution in [3.8, 4) is 0 Å². The lowest BCUT2D eigenvalue weighted by Gasteiger charge is -2.05. The number of nitrogens with zero attached hydrogens (tertiary/aromatic N) is 1. The lowest BCUT2D eigenvalue weighted by molar-refractivity contribution is 0.505. The molecule has 0 bridgehead atoms. The van der Waals surface area contributed by atoms with Gasteiger partial charge in [-0.15, -0.1) is 0 Å². The average molecular weight is 212 g/mol. The second-order valence-corrected chi connectivity index (χ2v) is 3.24. The van der Waals surface area contributed by atoms with E-state index >= 15 is 0 Å². The van der Waals surface area contributed by atoms with Gasteiger partial charge in [0.2, 0.25) is 0 Å². The highest BCUT2D eigenvalue weighted by atomic mass is 19.2. The molecule has 2 nitrogen and oxygen atoms in total. The van der Waals surface area contributed by atoms with Gasteiger partial charge in [-0.25, -0.2) is 18.2 Å². The maximum absolute atomic E-state index is 13.3. The SMILES string of the molecule is Cc1cc2c(F)c(F)cc(F)c2nc1N. The number of halogens is 3. The normalized spacial score (nSPS) is 10.9. The van der Waals surface area contributed by atoms with E-state index in [2.05, 4.69) is 4.98 Å². The van der Waals surface area contributed by atoms with Gasteiger partial charge in [-0.1, -0.05) is 0 Å². The van der Waals surface area contributed by atoms with Crippen molar-refractivity contribution in [1.82, 2.24) is 4.98 Å². The van der Waals surface area contributed by atoms with Crippen LogP contribution >= 0.6 is 0 Å². The molecule has 2 aromatic rings. The molecule has 0 radical (unpaired) electrons. The van der Waals surface area contributed by atoms with Crippen LogP contribution in [-0.4, -0.2) is 4.98 Å². The van der Waals surface area contributed by atoms with Gasteiger partial charge in [0.25, 0.3) is 0 Å². The largest absolute Gasteiger partial charge is 0.383 e. The Balaban J connectivity index is 2.97. The summed E-state index contributed by atoms with van der Waals surface area (Å²) in [6.07, 6.45) is 0. The summed E-state index contributed by atoms with van der Waals surface area (Å²) < 4.78 is 39.3. The summed E-state index contributed by atoms with van der Waals surface area (Å²) >= 11 is 0. The number of fused-ring (bicyclic) bond motifs is 1. The molecule has 0 aliphatic rings. The molecule has 1 aromatic carbocycles. The molecule has 0 unspecified atom stereocenters. The molecule has 0 fully saturated rings. The minimum absolute atomic E-state index is 0.104. The Morgan fingerprint density at radius 3 is 2.47 bits per heavy atom. The highest BCUT2D eigenvalue weighted by molar-refractivity contribution is 5.82. The molecule has 1 aromatic heterocycles. The molecule has 0 spiro atoms. The number of aryl methyl sites for hydroxylation is 1. The van der Waals surface area contributed by atoms with Crippen molar-refractivity contribution in [3.05, 3.63) is 35.1 Å². The van der Waals surface area contributed by atoms with Crippen LogP contribution in [0, 0.1) is 24.4 Å². The highest BCUT2D eigenvalue weighted by Crippen LogP contribution is 2.24. The Kier molecular flexibility index (Phi) is 2.03. The van der Waals surface area contributed by atoms with Crippen molar-refractivity contribution < 1.29 is 13.2 Å². The van der Waals surface area contributed by atoms with E-state index in [0.29, 0.717) is 11.6 Å². The van der Waals surface area contributed by atoms with E-state index in [1.165, 1.54) is 6.07 Å². The predicted molar refractivity (Wildman–Crippen MR) is 50.8 cm³/mol. The maximum Gasteiger partial charge on any atom is 0.168 e. The summed E-state index contributed by atoms with van der Waals surface area (Å²) in [6.45, 7) is 1.59. The molecule has 2 N–H and O–H groups in total. The Morgan fingerprint density at radius 1 is 1.13 bits per heavy atom. The molecular weight excluding hydrogens is 205 g/mol. The van der Waals surface area contributed by atoms with Crippen LogP contribution in [0.3, 0.4) is 0 Å². The maximum atomic E-state index is 13.3. The Hall–Kier alpha value is -1.78. The number of nitrogen functional groups attached to an aromatic ring is 1. The van der Waals surface area contributed by atoms with E-state index in [4.69, 9.17) is 5.73 Å². The van der Waals surface area contributed by atoms with Crippen molar-refractivity contribution in [2.24, 2.45) is 0 Å². The number of nitrogens with two attached hydrogens (primary N) is 1. The van der Waals surface area contributed by atoms with E-state index < -0.39 is 17.5 Å². The number of aromatic nitrogens is 1. The number of hydrogen-bond donors (Lipinski definition) is 1. The van der Waals surface area contributed by atoms with Crippen LogP contribution in [-0.2, 0) is 0 Å². The topological polar surface area (TPSA) is 38.9 Å². The van der Waals surface area contributed by atoms with Crippen LogP contribution in [0.15, 0.2) is 12.1 Å². The van der Waals surface area contributed by atoms with Crippen molar-refractivity contribution in [2.75, 3.05) is 5.73 Å². The molecule has 0 aliphatic carbocycles. The molecule has 78 valence electrons. The third-order valence-electron chi connectivity index (χ3n) is 2.18. The van der Waals surface area contributed by atoms with Gasteiger partial charge in [0.15, 0.2) is 17.5 Å². The van der Waals surface area contributed by atoms with Gasteiger partial charge in [0, 0.05) is 11.5 Å². The first-order valence-corrected chi connectivity index (χ1v) is 4.21. The number of anilines is 1. The van der Waals surface area contributed by atoms with Crippen molar-refractivity contribution >= 4 is 16.7 Å². The summed E-state index contributed by atoms with van der Waals surface area (Å²) in [4.78, 5) is 3.67. The van der Waals surface area contributed by atoms with Crippen LogP contribution in [0.4, 0.5) is 19.0 Å². The second kappa shape index (κ2) is 3.12. The minimum atomic E-state index is -1.23. The van der Waals surface area contributed by atoms with Crippen LogP contribution in [0.2, 0.25) is 0 Å². The van der Waals surface area contributed by atoms with Gasteiger partial charge >= 0.3 is 0 Å². The monoisotopic (exact) mass is 212 g/mol. The predicted octanol–water partition coefficient (Wildman–Crippen LogP) is 2.54. The van der Waals surface area contributed by atoms with Crippen LogP contribution in [0.5, 0.6) is 0 Å². The van der Waals surface area contributed by atoms with Gasteiger partial charge in [-0.2, -0.15) is 0 Å². The minimum Gasteiger partial charge on any atom is -0.383 e. The number of benzene rings is 1. The van der Waals surface area contributed by atoms with E-state index in [1.54, 1.807) is 6.92 Å². The quantitative estimate of drug-likeness (QED) is 0.681. The summed E-state index contributed by atoms with van der Waals surface area (Å²) in [5.74, 6) is -3.16. The number of hydrogen-bond acceptors (Lipinski definition) is 2. The Bertz CT molecular complexity index is 552. The fourth-order valence-corrected chi connectivity index (χ4v) is 1.35.